The number of rotatable bonds is 8. The lowest BCUT2D eigenvalue weighted by atomic mass is 10.3. The van der Waals surface area contributed by atoms with Crippen molar-refractivity contribution in [2.75, 3.05) is 25.0 Å². The number of hydrogen-bond acceptors (Lipinski definition) is 2. The van der Waals surface area contributed by atoms with Gasteiger partial charge in [0.15, 0.2) is 0 Å². The lowest BCUT2D eigenvalue weighted by Gasteiger charge is -2.19. The first-order chi connectivity index (χ1) is 6.61. The van der Waals surface area contributed by atoms with Crippen molar-refractivity contribution in [3.63, 3.8) is 0 Å². The van der Waals surface area contributed by atoms with Crippen molar-refractivity contribution < 1.29 is 9.47 Å². The fourth-order valence-corrected chi connectivity index (χ4v) is 1.89. The summed E-state index contributed by atoms with van der Waals surface area (Å²) >= 11 is 14.8. The van der Waals surface area contributed by atoms with E-state index in [1.807, 2.05) is 13.8 Å². The van der Waals surface area contributed by atoms with Crippen molar-refractivity contribution in [1.29, 1.82) is 0 Å². The van der Waals surface area contributed by atoms with Crippen LogP contribution in [0.4, 0.5) is 0 Å². The second-order valence-corrected chi connectivity index (χ2v) is 4.95. The average molecular weight is 308 g/mol. The molecule has 0 rings (SSSR count). The molecule has 2 unspecified atom stereocenters. The SMILES string of the molecule is CC(C)OCCOC(CCl)C(Br)CCl. The molecule has 0 radical (unpaired) electrons. The Morgan fingerprint density at radius 3 is 2.07 bits per heavy atom. The molecular weight excluding hydrogens is 291 g/mol. The summed E-state index contributed by atoms with van der Waals surface area (Å²) in [7, 11) is 0. The Kier molecular flexibility index (Phi) is 9.87. The molecule has 2 nitrogen and oxygen atoms in total. The van der Waals surface area contributed by atoms with Crippen LogP contribution in [0.5, 0.6) is 0 Å². The van der Waals surface area contributed by atoms with E-state index in [2.05, 4.69) is 15.9 Å². The number of halogens is 3. The van der Waals surface area contributed by atoms with Crippen LogP contribution in [0, 0.1) is 0 Å². The maximum Gasteiger partial charge on any atom is 0.0847 e. The van der Waals surface area contributed by atoms with E-state index in [9.17, 15) is 0 Å². The highest BCUT2D eigenvalue weighted by atomic mass is 79.9. The maximum absolute atomic E-state index is 5.73. The summed E-state index contributed by atoms with van der Waals surface area (Å²) < 4.78 is 10.8. The molecule has 0 aliphatic rings. The molecule has 86 valence electrons. The highest BCUT2D eigenvalue weighted by Gasteiger charge is 2.17. The normalized spacial score (nSPS) is 15.9. The maximum atomic E-state index is 5.73. The summed E-state index contributed by atoms with van der Waals surface area (Å²) in [6, 6.07) is 0. The highest BCUT2D eigenvalue weighted by Crippen LogP contribution is 2.13. The van der Waals surface area contributed by atoms with E-state index >= 15 is 0 Å². The van der Waals surface area contributed by atoms with Gasteiger partial charge in [-0.05, 0) is 13.8 Å². The topological polar surface area (TPSA) is 18.5 Å². The van der Waals surface area contributed by atoms with Gasteiger partial charge in [0.1, 0.15) is 0 Å². The van der Waals surface area contributed by atoms with Crippen molar-refractivity contribution >= 4 is 39.1 Å². The van der Waals surface area contributed by atoms with Crippen molar-refractivity contribution in [3.8, 4) is 0 Å². The monoisotopic (exact) mass is 306 g/mol. The van der Waals surface area contributed by atoms with Gasteiger partial charge in [-0.1, -0.05) is 15.9 Å². The minimum absolute atomic E-state index is 0.0510. The van der Waals surface area contributed by atoms with Crippen molar-refractivity contribution in [1.82, 2.24) is 0 Å². The first-order valence-corrected chi connectivity index (χ1v) is 6.59. The standard InChI is InChI=1S/C9H17BrCl2O2/c1-7(2)13-3-4-14-9(6-12)8(10)5-11/h7-9H,3-6H2,1-2H3. The third-order valence-corrected chi connectivity index (χ3v) is 3.49. The van der Waals surface area contributed by atoms with Crippen LogP contribution in [0.3, 0.4) is 0 Å². The van der Waals surface area contributed by atoms with Gasteiger partial charge in [0.2, 0.25) is 0 Å². The predicted octanol–water partition coefficient (Wildman–Crippen LogP) is 3.04. The molecule has 0 N–H and O–H groups in total. The minimum atomic E-state index is -0.0510. The fraction of sp³-hybridized carbons (Fsp3) is 1.00. The van der Waals surface area contributed by atoms with Crippen LogP contribution in [-0.4, -0.2) is 42.0 Å². The summed E-state index contributed by atoms with van der Waals surface area (Å²) in [5.74, 6) is 0.923. The molecule has 2 atom stereocenters. The quantitative estimate of drug-likeness (QED) is 0.507. The van der Waals surface area contributed by atoms with E-state index in [0.717, 1.165) is 0 Å². The van der Waals surface area contributed by atoms with Gasteiger partial charge >= 0.3 is 0 Å². The van der Waals surface area contributed by atoms with E-state index in [0.29, 0.717) is 25.0 Å². The Hall–Kier alpha value is 0.980. The Labute approximate surface area is 104 Å². The molecule has 14 heavy (non-hydrogen) atoms. The van der Waals surface area contributed by atoms with Crippen LogP contribution in [-0.2, 0) is 9.47 Å². The average Bonchev–Trinajstić information content (AvgIpc) is 2.16. The predicted molar refractivity (Wildman–Crippen MR) is 65.0 cm³/mol. The lowest BCUT2D eigenvalue weighted by Crippen LogP contribution is -2.29. The molecule has 5 heteroatoms. The van der Waals surface area contributed by atoms with Crippen LogP contribution >= 0.6 is 39.1 Å². The summed E-state index contributed by atoms with van der Waals surface area (Å²) in [4.78, 5) is 0.0979. The number of alkyl halides is 3. The first kappa shape index (κ1) is 15.0. The van der Waals surface area contributed by atoms with Crippen LogP contribution in [0.2, 0.25) is 0 Å². The molecule has 0 bridgehead atoms. The number of hydrogen-bond donors (Lipinski definition) is 0. The zero-order valence-electron chi connectivity index (χ0n) is 8.51. The van der Waals surface area contributed by atoms with Crippen LogP contribution in [0.1, 0.15) is 13.8 Å². The summed E-state index contributed by atoms with van der Waals surface area (Å²) in [5, 5.41) is 0. The molecule has 0 heterocycles. The van der Waals surface area contributed by atoms with Crippen molar-refractivity contribution in [2.24, 2.45) is 0 Å². The van der Waals surface area contributed by atoms with Gasteiger partial charge in [-0.25, -0.2) is 0 Å². The third kappa shape index (κ3) is 7.30. The molecule has 0 aliphatic carbocycles. The van der Waals surface area contributed by atoms with Gasteiger partial charge in [0, 0.05) is 11.8 Å². The molecule has 0 aromatic carbocycles. The van der Waals surface area contributed by atoms with Gasteiger partial charge in [0.05, 0.1) is 30.2 Å². The molecule has 0 saturated carbocycles. The zero-order chi connectivity index (χ0) is 11.0. The van der Waals surface area contributed by atoms with Crippen LogP contribution in [0.15, 0.2) is 0 Å². The molecule has 0 aromatic heterocycles. The second-order valence-electron chi connectivity index (χ2n) is 3.15. The Morgan fingerprint density at radius 1 is 1.07 bits per heavy atom. The summed E-state index contributed by atoms with van der Waals surface area (Å²) in [6.07, 6.45) is 0.186. The van der Waals surface area contributed by atoms with Crippen molar-refractivity contribution in [3.05, 3.63) is 0 Å². The smallest absolute Gasteiger partial charge is 0.0847 e. The van der Waals surface area contributed by atoms with E-state index in [4.69, 9.17) is 32.7 Å². The molecular formula is C9H17BrCl2O2. The van der Waals surface area contributed by atoms with E-state index < -0.39 is 0 Å². The lowest BCUT2D eigenvalue weighted by molar-refractivity contribution is -0.00402. The second kappa shape index (κ2) is 9.22. The third-order valence-electron chi connectivity index (χ3n) is 1.57. The molecule has 0 saturated heterocycles. The minimum Gasteiger partial charge on any atom is -0.376 e. The summed E-state index contributed by atoms with van der Waals surface area (Å²) in [5.41, 5.74) is 0. The van der Waals surface area contributed by atoms with Gasteiger partial charge in [-0.3, -0.25) is 0 Å². The summed E-state index contributed by atoms with van der Waals surface area (Å²) in [6.45, 7) is 5.12. The highest BCUT2D eigenvalue weighted by molar-refractivity contribution is 9.09. The molecule has 0 aliphatic heterocycles. The largest absolute Gasteiger partial charge is 0.376 e. The van der Waals surface area contributed by atoms with E-state index in [1.54, 1.807) is 0 Å². The van der Waals surface area contributed by atoms with Gasteiger partial charge in [-0.2, -0.15) is 0 Å². The fourth-order valence-electron chi connectivity index (χ4n) is 0.828. The Morgan fingerprint density at radius 2 is 1.64 bits per heavy atom. The molecule has 0 spiro atoms. The Balaban J connectivity index is 3.52. The Bertz CT molecular complexity index is 136. The molecule has 0 amide bonds. The van der Waals surface area contributed by atoms with Gasteiger partial charge in [-0.15, -0.1) is 23.2 Å². The van der Waals surface area contributed by atoms with Gasteiger partial charge in [0.25, 0.3) is 0 Å². The van der Waals surface area contributed by atoms with E-state index in [1.165, 1.54) is 0 Å². The van der Waals surface area contributed by atoms with Crippen LogP contribution < -0.4 is 0 Å². The molecule has 0 fully saturated rings. The van der Waals surface area contributed by atoms with Gasteiger partial charge < -0.3 is 9.47 Å². The molecule has 0 aromatic rings. The van der Waals surface area contributed by atoms with Crippen LogP contribution in [0.25, 0.3) is 0 Å². The first-order valence-electron chi connectivity index (χ1n) is 4.61. The zero-order valence-corrected chi connectivity index (χ0v) is 11.6. The van der Waals surface area contributed by atoms with Crippen molar-refractivity contribution in [2.45, 2.75) is 30.9 Å². The number of ether oxygens (including phenoxy) is 2. The van der Waals surface area contributed by atoms with E-state index in [-0.39, 0.29) is 17.0 Å².